The van der Waals surface area contributed by atoms with Gasteiger partial charge in [0.25, 0.3) is 0 Å². The molecule has 3 nitrogen and oxygen atoms in total. The van der Waals surface area contributed by atoms with Crippen molar-refractivity contribution in [3.8, 4) is 0 Å². The summed E-state index contributed by atoms with van der Waals surface area (Å²) in [5, 5.41) is 2.39. The van der Waals surface area contributed by atoms with Gasteiger partial charge in [0.05, 0.1) is 10.1 Å². The standard InChI is InChI=1S/C12H18FNO2S/c1-4-12(14-3)9(2)17(15,16)11-7-5-6-10(13)8-11/h5-9,12,14H,4H2,1-3H3. The molecule has 0 fully saturated rings. The van der Waals surface area contributed by atoms with Gasteiger partial charge in [-0.25, -0.2) is 12.8 Å². The second-order valence-corrected chi connectivity index (χ2v) is 6.32. The Labute approximate surface area is 102 Å². The minimum absolute atomic E-state index is 0.0405. The number of benzene rings is 1. The largest absolute Gasteiger partial charge is 0.316 e. The average Bonchev–Trinajstić information content (AvgIpc) is 2.30. The summed E-state index contributed by atoms with van der Waals surface area (Å²) in [6, 6.07) is 5.00. The van der Waals surface area contributed by atoms with E-state index in [4.69, 9.17) is 0 Å². The summed E-state index contributed by atoms with van der Waals surface area (Å²) in [4.78, 5) is 0.0405. The van der Waals surface area contributed by atoms with Crippen LogP contribution in [0.3, 0.4) is 0 Å². The molecule has 0 saturated heterocycles. The molecule has 2 atom stereocenters. The molecule has 0 heterocycles. The summed E-state index contributed by atoms with van der Waals surface area (Å²) in [5.74, 6) is -0.532. The molecule has 0 spiro atoms. The first-order valence-electron chi connectivity index (χ1n) is 5.60. The highest BCUT2D eigenvalue weighted by Crippen LogP contribution is 2.20. The van der Waals surface area contributed by atoms with E-state index in [1.807, 2.05) is 6.92 Å². The Bertz CT molecular complexity index is 469. The van der Waals surface area contributed by atoms with Crippen LogP contribution in [0.4, 0.5) is 4.39 Å². The fraction of sp³-hybridized carbons (Fsp3) is 0.500. The zero-order valence-electron chi connectivity index (χ0n) is 10.3. The second kappa shape index (κ2) is 5.60. The summed E-state index contributed by atoms with van der Waals surface area (Å²) in [5.41, 5.74) is 0. The van der Waals surface area contributed by atoms with E-state index in [0.717, 1.165) is 6.07 Å². The van der Waals surface area contributed by atoms with Gasteiger partial charge in [-0.05, 0) is 38.6 Å². The number of hydrogen-bond donors (Lipinski definition) is 1. The molecule has 17 heavy (non-hydrogen) atoms. The zero-order valence-corrected chi connectivity index (χ0v) is 11.1. The summed E-state index contributed by atoms with van der Waals surface area (Å²) in [7, 11) is -1.76. The molecule has 2 unspecified atom stereocenters. The van der Waals surface area contributed by atoms with Gasteiger partial charge < -0.3 is 5.32 Å². The molecule has 0 aliphatic carbocycles. The van der Waals surface area contributed by atoms with Crippen LogP contribution in [0.25, 0.3) is 0 Å². The fourth-order valence-corrected chi connectivity index (χ4v) is 3.58. The monoisotopic (exact) mass is 259 g/mol. The van der Waals surface area contributed by atoms with Gasteiger partial charge >= 0.3 is 0 Å². The molecule has 5 heteroatoms. The van der Waals surface area contributed by atoms with Gasteiger partial charge in [-0.3, -0.25) is 0 Å². The Morgan fingerprint density at radius 1 is 1.41 bits per heavy atom. The molecule has 0 bridgehead atoms. The van der Waals surface area contributed by atoms with Crippen molar-refractivity contribution < 1.29 is 12.8 Å². The van der Waals surface area contributed by atoms with E-state index >= 15 is 0 Å². The van der Waals surface area contributed by atoms with Crippen LogP contribution >= 0.6 is 0 Å². The summed E-state index contributed by atoms with van der Waals surface area (Å²) in [6.45, 7) is 3.56. The van der Waals surface area contributed by atoms with Gasteiger partial charge in [-0.15, -0.1) is 0 Å². The molecule has 0 aromatic heterocycles. The second-order valence-electron chi connectivity index (χ2n) is 4.01. The van der Waals surface area contributed by atoms with Crippen molar-refractivity contribution in [2.24, 2.45) is 0 Å². The first-order chi connectivity index (χ1) is 7.93. The van der Waals surface area contributed by atoms with Crippen molar-refractivity contribution in [2.75, 3.05) is 7.05 Å². The third-order valence-corrected chi connectivity index (χ3v) is 5.21. The maximum Gasteiger partial charge on any atom is 0.182 e. The Morgan fingerprint density at radius 2 is 2.06 bits per heavy atom. The molecule has 1 aromatic carbocycles. The molecule has 1 N–H and O–H groups in total. The third kappa shape index (κ3) is 3.04. The van der Waals surface area contributed by atoms with Crippen molar-refractivity contribution in [1.29, 1.82) is 0 Å². The van der Waals surface area contributed by atoms with E-state index in [1.54, 1.807) is 14.0 Å². The molecular weight excluding hydrogens is 241 g/mol. The molecule has 1 rings (SSSR count). The number of nitrogens with one attached hydrogen (secondary N) is 1. The van der Waals surface area contributed by atoms with E-state index in [0.29, 0.717) is 6.42 Å². The van der Waals surface area contributed by atoms with Crippen molar-refractivity contribution in [2.45, 2.75) is 36.5 Å². The first kappa shape index (κ1) is 14.1. The lowest BCUT2D eigenvalue weighted by Crippen LogP contribution is -2.40. The van der Waals surface area contributed by atoms with Crippen molar-refractivity contribution >= 4 is 9.84 Å². The van der Waals surface area contributed by atoms with Crippen LogP contribution in [0.5, 0.6) is 0 Å². The minimum atomic E-state index is -3.49. The maximum absolute atomic E-state index is 13.0. The van der Waals surface area contributed by atoms with Crippen LogP contribution in [-0.4, -0.2) is 26.8 Å². The lowest BCUT2D eigenvalue weighted by Gasteiger charge is -2.22. The predicted octanol–water partition coefficient (Wildman–Crippen LogP) is 1.99. The van der Waals surface area contributed by atoms with E-state index in [2.05, 4.69) is 5.32 Å². The number of hydrogen-bond acceptors (Lipinski definition) is 3. The number of rotatable bonds is 5. The van der Waals surface area contributed by atoms with Crippen LogP contribution in [0, 0.1) is 5.82 Å². The van der Waals surface area contributed by atoms with Gasteiger partial charge in [0.2, 0.25) is 0 Å². The molecule has 96 valence electrons. The lowest BCUT2D eigenvalue weighted by atomic mass is 10.2. The van der Waals surface area contributed by atoms with Crippen molar-refractivity contribution in [3.63, 3.8) is 0 Å². The van der Waals surface area contributed by atoms with Crippen molar-refractivity contribution in [1.82, 2.24) is 5.32 Å². The SMILES string of the molecule is CCC(NC)C(C)S(=O)(=O)c1cccc(F)c1. The Balaban J connectivity index is 3.11. The van der Waals surface area contributed by atoms with Gasteiger partial charge in [-0.2, -0.15) is 0 Å². The summed E-state index contributed by atoms with van der Waals surface area (Å²) in [6.07, 6.45) is 0.701. The summed E-state index contributed by atoms with van der Waals surface area (Å²) < 4.78 is 37.5. The van der Waals surface area contributed by atoms with E-state index in [-0.39, 0.29) is 10.9 Å². The van der Waals surface area contributed by atoms with Gasteiger partial charge in [0.1, 0.15) is 5.82 Å². The van der Waals surface area contributed by atoms with Gasteiger partial charge in [0.15, 0.2) is 9.84 Å². The molecule has 1 aromatic rings. The van der Waals surface area contributed by atoms with Crippen LogP contribution in [0.15, 0.2) is 29.2 Å². The fourth-order valence-electron chi connectivity index (χ4n) is 1.85. The van der Waals surface area contributed by atoms with Crippen molar-refractivity contribution in [3.05, 3.63) is 30.1 Å². The Kier molecular flexibility index (Phi) is 4.65. The van der Waals surface area contributed by atoms with Crippen LogP contribution in [0.1, 0.15) is 20.3 Å². The van der Waals surface area contributed by atoms with E-state index in [9.17, 15) is 12.8 Å². The van der Waals surface area contributed by atoms with E-state index < -0.39 is 20.9 Å². The summed E-state index contributed by atoms with van der Waals surface area (Å²) >= 11 is 0. The molecule has 0 amide bonds. The van der Waals surface area contributed by atoms with Gasteiger partial charge in [-0.1, -0.05) is 13.0 Å². The molecule has 0 aliphatic heterocycles. The highest BCUT2D eigenvalue weighted by atomic mass is 32.2. The number of sulfone groups is 1. The molecule has 0 aliphatic rings. The Hall–Kier alpha value is -0.940. The van der Waals surface area contributed by atoms with Gasteiger partial charge in [0, 0.05) is 6.04 Å². The van der Waals surface area contributed by atoms with E-state index in [1.165, 1.54) is 18.2 Å². The van der Waals surface area contributed by atoms with Crippen LogP contribution in [-0.2, 0) is 9.84 Å². The molecule has 0 radical (unpaired) electrons. The third-order valence-electron chi connectivity index (χ3n) is 2.99. The quantitative estimate of drug-likeness (QED) is 0.879. The topological polar surface area (TPSA) is 46.2 Å². The Morgan fingerprint density at radius 3 is 2.53 bits per heavy atom. The lowest BCUT2D eigenvalue weighted by molar-refractivity contribution is 0.504. The first-order valence-corrected chi connectivity index (χ1v) is 7.14. The maximum atomic E-state index is 13.0. The number of halogens is 1. The highest BCUT2D eigenvalue weighted by Gasteiger charge is 2.29. The predicted molar refractivity (Wildman–Crippen MR) is 66.2 cm³/mol. The molecule has 0 saturated carbocycles. The van der Waals surface area contributed by atoms with Crippen LogP contribution in [0.2, 0.25) is 0 Å². The smallest absolute Gasteiger partial charge is 0.182 e. The molecular formula is C12H18FNO2S. The zero-order chi connectivity index (χ0) is 13.1. The van der Waals surface area contributed by atoms with Crippen LogP contribution < -0.4 is 5.32 Å². The minimum Gasteiger partial charge on any atom is -0.316 e. The highest BCUT2D eigenvalue weighted by molar-refractivity contribution is 7.92. The normalized spacial score (nSPS) is 15.5. The average molecular weight is 259 g/mol.